The van der Waals surface area contributed by atoms with Gasteiger partial charge in [-0.2, -0.15) is 0 Å². The van der Waals surface area contributed by atoms with Gasteiger partial charge in [-0.3, -0.25) is 4.98 Å². The number of hydrogen-bond donors (Lipinski definition) is 1. The van der Waals surface area contributed by atoms with Gasteiger partial charge in [-0.05, 0) is 37.1 Å². The number of rotatable bonds is 2. The third-order valence-electron chi connectivity index (χ3n) is 2.34. The van der Waals surface area contributed by atoms with E-state index in [1.54, 1.807) is 6.20 Å². The minimum absolute atomic E-state index is 0.159. The van der Waals surface area contributed by atoms with Gasteiger partial charge in [0.1, 0.15) is 0 Å². The van der Waals surface area contributed by atoms with Gasteiger partial charge < -0.3 is 5.73 Å². The van der Waals surface area contributed by atoms with Crippen molar-refractivity contribution in [3.63, 3.8) is 0 Å². The van der Waals surface area contributed by atoms with Gasteiger partial charge in [0, 0.05) is 22.6 Å². The predicted molar refractivity (Wildman–Crippen MR) is 64.1 cm³/mol. The zero-order valence-electron chi connectivity index (χ0n) is 8.57. The van der Waals surface area contributed by atoms with Crippen molar-refractivity contribution in [3.8, 4) is 0 Å². The van der Waals surface area contributed by atoms with Crippen molar-refractivity contribution in [1.82, 2.24) is 4.98 Å². The smallest absolute Gasteiger partial charge is 0.0719 e. The quantitative estimate of drug-likeness (QED) is 0.846. The lowest BCUT2D eigenvalue weighted by Gasteiger charge is -2.08. The molecule has 2 rings (SSSR count). The third kappa shape index (κ3) is 2.28. The lowest BCUT2D eigenvalue weighted by molar-refractivity contribution is 0.741. The van der Waals surface area contributed by atoms with Crippen LogP contribution in [0.2, 0.25) is 5.02 Å². The largest absolute Gasteiger partial charge is 0.328 e. The van der Waals surface area contributed by atoms with Crippen molar-refractivity contribution < 1.29 is 0 Å². The molecule has 0 aliphatic heterocycles. The molecular formula is C12H13ClN2. The molecule has 1 aromatic carbocycles. The van der Waals surface area contributed by atoms with Crippen molar-refractivity contribution in [2.75, 3.05) is 0 Å². The van der Waals surface area contributed by atoms with E-state index in [0.717, 1.165) is 17.3 Å². The van der Waals surface area contributed by atoms with Crippen molar-refractivity contribution in [1.29, 1.82) is 0 Å². The molecule has 1 aromatic heterocycles. The van der Waals surface area contributed by atoms with Crippen LogP contribution in [0.25, 0.3) is 10.9 Å². The third-order valence-corrected chi connectivity index (χ3v) is 2.57. The highest BCUT2D eigenvalue weighted by Crippen LogP contribution is 2.21. The molecule has 1 atom stereocenters. The summed E-state index contributed by atoms with van der Waals surface area (Å²) in [6.07, 6.45) is 2.66. The van der Waals surface area contributed by atoms with Crippen LogP contribution in [-0.2, 0) is 6.42 Å². The minimum atomic E-state index is 0.159. The summed E-state index contributed by atoms with van der Waals surface area (Å²) in [6.45, 7) is 2.00. The highest BCUT2D eigenvalue weighted by atomic mass is 35.5. The van der Waals surface area contributed by atoms with Gasteiger partial charge in [0.25, 0.3) is 0 Å². The van der Waals surface area contributed by atoms with Crippen molar-refractivity contribution >= 4 is 22.5 Å². The molecule has 0 bridgehead atoms. The van der Waals surface area contributed by atoms with E-state index in [1.807, 2.05) is 31.2 Å². The summed E-state index contributed by atoms with van der Waals surface area (Å²) >= 11 is 5.91. The van der Waals surface area contributed by atoms with Gasteiger partial charge in [0.05, 0.1) is 5.52 Å². The maximum atomic E-state index is 5.91. The number of pyridine rings is 1. The Morgan fingerprint density at radius 3 is 2.93 bits per heavy atom. The first kappa shape index (κ1) is 10.4. The fourth-order valence-electron chi connectivity index (χ4n) is 1.71. The van der Waals surface area contributed by atoms with Gasteiger partial charge in [-0.25, -0.2) is 0 Å². The second-order valence-electron chi connectivity index (χ2n) is 3.81. The van der Waals surface area contributed by atoms with Gasteiger partial charge in [0.2, 0.25) is 0 Å². The fourth-order valence-corrected chi connectivity index (χ4v) is 1.87. The monoisotopic (exact) mass is 220 g/mol. The Morgan fingerprint density at radius 1 is 1.40 bits per heavy atom. The Bertz CT molecular complexity index is 480. The van der Waals surface area contributed by atoms with Crippen LogP contribution in [0.15, 0.2) is 30.5 Å². The molecule has 0 saturated carbocycles. The second kappa shape index (κ2) is 4.17. The molecule has 0 spiro atoms. The highest BCUT2D eigenvalue weighted by molar-refractivity contribution is 6.31. The van der Waals surface area contributed by atoms with Crippen LogP contribution in [0, 0.1) is 0 Å². The molecule has 3 heteroatoms. The lowest BCUT2D eigenvalue weighted by atomic mass is 10.0. The van der Waals surface area contributed by atoms with Crippen LogP contribution in [0.4, 0.5) is 0 Å². The number of halogens is 1. The van der Waals surface area contributed by atoms with Crippen LogP contribution >= 0.6 is 11.6 Å². The van der Waals surface area contributed by atoms with Crippen molar-refractivity contribution in [2.24, 2.45) is 5.73 Å². The SMILES string of the molecule is CC(N)Cc1ccnc2cc(Cl)ccc12. The van der Waals surface area contributed by atoms with E-state index in [-0.39, 0.29) is 6.04 Å². The second-order valence-corrected chi connectivity index (χ2v) is 4.25. The van der Waals surface area contributed by atoms with Crippen LogP contribution in [0.5, 0.6) is 0 Å². The molecule has 1 heterocycles. The lowest BCUT2D eigenvalue weighted by Crippen LogP contribution is -2.17. The molecule has 78 valence electrons. The maximum Gasteiger partial charge on any atom is 0.0719 e. The Morgan fingerprint density at radius 2 is 2.20 bits per heavy atom. The zero-order chi connectivity index (χ0) is 10.8. The Labute approximate surface area is 94.1 Å². The zero-order valence-corrected chi connectivity index (χ0v) is 9.33. The molecule has 2 N–H and O–H groups in total. The van der Waals surface area contributed by atoms with Crippen LogP contribution in [0.1, 0.15) is 12.5 Å². The van der Waals surface area contributed by atoms with E-state index >= 15 is 0 Å². The number of benzene rings is 1. The molecule has 0 amide bonds. The number of aromatic nitrogens is 1. The Kier molecular flexibility index (Phi) is 2.89. The number of hydrogen-bond acceptors (Lipinski definition) is 2. The summed E-state index contributed by atoms with van der Waals surface area (Å²) in [5.74, 6) is 0. The predicted octanol–water partition coefficient (Wildman–Crippen LogP) is 2.78. The standard InChI is InChI=1S/C12H13ClN2/c1-8(14)6-9-4-5-15-12-7-10(13)2-3-11(9)12/h2-5,7-8H,6,14H2,1H3. The number of nitrogens with two attached hydrogens (primary N) is 1. The summed E-state index contributed by atoms with van der Waals surface area (Å²) in [6, 6.07) is 7.94. The minimum Gasteiger partial charge on any atom is -0.328 e. The summed E-state index contributed by atoms with van der Waals surface area (Å²) in [7, 11) is 0. The van der Waals surface area contributed by atoms with E-state index in [0.29, 0.717) is 5.02 Å². The van der Waals surface area contributed by atoms with Crippen molar-refractivity contribution in [3.05, 3.63) is 41.0 Å². The summed E-state index contributed by atoms with van der Waals surface area (Å²) in [4.78, 5) is 4.28. The van der Waals surface area contributed by atoms with Gasteiger partial charge in [-0.1, -0.05) is 17.7 Å². The first-order valence-electron chi connectivity index (χ1n) is 4.95. The number of fused-ring (bicyclic) bond motifs is 1. The van der Waals surface area contributed by atoms with Gasteiger partial charge in [-0.15, -0.1) is 0 Å². The summed E-state index contributed by atoms with van der Waals surface area (Å²) < 4.78 is 0. The molecule has 0 aliphatic carbocycles. The number of nitrogens with zero attached hydrogens (tertiary/aromatic N) is 1. The van der Waals surface area contributed by atoms with E-state index in [4.69, 9.17) is 17.3 Å². The van der Waals surface area contributed by atoms with Crippen molar-refractivity contribution in [2.45, 2.75) is 19.4 Å². The molecule has 15 heavy (non-hydrogen) atoms. The van der Waals surface area contributed by atoms with Crippen LogP contribution in [-0.4, -0.2) is 11.0 Å². The molecule has 0 saturated heterocycles. The summed E-state index contributed by atoms with van der Waals surface area (Å²) in [5, 5.41) is 1.85. The average Bonchev–Trinajstić information content (AvgIpc) is 2.16. The molecule has 2 aromatic rings. The topological polar surface area (TPSA) is 38.9 Å². The van der Waals surface area contributed by atoms with Crippen LogP contribution < -0.4 is 5.73 Å². The molecule has 2 nitrogen and oxygen atoms in total. The molecule has 0 radical (unpaired) electrons. The van der Waals surface area contributed by atoms with Crippen LogP contribution in [0.3, 0.4) is 0 Å². The first-order valence-corrected chi connectivity index (χ1v) is 5.33. The molecular weight excluding hydrogens is 208 g/mol. The Balaban J connectivity index is 2.56. The van der Waals surface area contributed by atoms with E-state index in [9.17, 15) is 0 Å². The normalized spacial score (nSPS) is 13.0. The van der Waals surface area contributed by atoms with Gasteiger partial charge >= 0.3 is 0 Å². The molecule has 0 aliphatic rings. The average molecular weight is 221 g/mol. The van der Waals surface area contributed by atoms with Gasteiger partial charge in [0.15, 0.2) is 0 Å². The first-order chi connectivity index (χ1) is 7.16. The fraction of sp³-hybridized carbons (Fsp3) is 0.250. The molecule has 1 unspecified atom stereocenters. The Hall–Kier alpha value is -1.12. The summed E-state index contributed by atoms with van der Waals surface area (Å²) in [5.41, 5.74) is 7.96. The molecule has 0 fully saturated rings. The van der Waals surface area contributed by atoms with E-state index in [2.05, 4.69) is 4.98 Å². The van der Waals surface area contributed by atoms with E-state index in [1.165, 1.54) is 5.56 Å². The highest BCUT2D eigenvalue weighted by Gasteiger charge is 2.04. The van der Waals surface area contributed by atoms with E-state index < -0.39 is 0 Å². The maximum absolute atomic E-state index is 5.91.